The summed E-state index contributed by atoms with van der Waals surface area (Å²) in [5, 5.41) is 25.0. The van der Waals surface area contributed by atoms with Crippen molar-refractivity contribution in [1.82, 2.24) is 15.2 Å². The number of aromatic nitrogens is 3. The van der Waals surface area contributed by atoms with Crippen molar-refractivity contribution in [2.75, 3.05) is 0 Å². The molecule has 0 fully saturated rings. The fourth-order valence-electron chi connectivity index (χ4n) is 1.37. The Morgan fingerprint density at radius 1 is 1.44 bits per heavy atom. The predicted octanol–water partition coefficient (Wildman–Crippen LogP) is 1.15. The third-order valence-corrected chi connectivity index (χ3v) is 2.17. The van der Waals surface area contributed by atoms with Crippen molar-refractivity contribution >= 4 is 5.69 Å². The minimum Gasteiger partial charge on any atom is -0.388 e. The molecule has 0 aliphatic rings. The van der Waals surface area contributed by atoms with E-state index in [0.717, 1.165) is 6.07 Å². The lowest BCUT2D eigenvalue weighted by molar-refractivity contribution is -0.387. The van der Waals surface area contributed by atoms with Crippen LogP contribution in [0.25, 0.3) is 11.4 Å². The molecule has 18 heavy (non-hydrogen) atoms. The number of hydrogen-bond donors (Lipinski definition) is 2. The minimum absolute atomic E-state index is 0.00435. The van der Waals surface area contributed by atoms with Crippen LogP contribution in [0.5, 0.6) is 0 Å². The van der Waals surface area contributed by atoms with Gasteiger partial charge in [-0.15, -0.1) is 0 Å². The Hall–Kier alpha value is -2.42. The molecule has 0 aliphatic carbocycles. The highest BCUT2D eigenvalue weighted by molar-refractivity contribution is 5.61. The number of nitrogens with one attached hydrogen (secondary N) is 1. The molecule has 1 aromatic heterocycles. The molecule has 0 aliphatic heterocycles. The van der Waals surface area contributed by atoms with Crippen LogP contribution < -0.4 is 0 Å². The zero-order valence-electron chi connectivity index (χ0n) is 8.72. The van der Waals surface area contributed by atoms with Crippen molar-refractivity contribution in [3.63, 3.8) is 0 Å². The van der Waals surface area contributed by atoms with Crippen molar-refractivity contribution in [3.8, 4) is 11.4 Å². The topological polar surface area (TPSA) is 105 Å². The molecule has 0 saturated heterocycles. The number of nitro benzene ring substituents is 1. The lowest BCUT2D eigenvalue weighted by Crippen LogP contribution is -1.98. The Labute approximate surface area is 98.2 Å². The van der Waals surface area contributed by atoms with Gasteiger partial charge in [0.15, 0.2) is 11.6 Å². The zero-order valence-corrected chi connectivity index (χ0v) is 8.72. The molecule has 0 saturated carbocycles. The summed E-state index contributed by atoms with van der Waals surface area (Å²) in [6.45, 7) is -0.495. The van der Waals surface area contributed by atoms with Gasteiger partial charge in [0.25, 0.3) is 0 Å². The molecular formula is C9H6F2N4O3. The Bertz CT molecular complexity index is 614. The first kappa shape index (κ1) is 12.0. The summed E-state index contributed by atoms with van der Waals surface area (Å²) in [7, 11) is 0. The van der Waals surface area contributed by atoms with Gasteiger partial charge in [-0.3, -0.25) is 15.2 Å². The Balaban J connectivity index is 2.62. The van der Waals surface area contributed by atoms with E-state index in [-0.39, 0.29) is 5.82 Å². The van der Waals surface area contributed by atoms with Gasteiger partial charge in [-0.2, -0.15) is 9.49 Å². The summed E-state index contributed by atoms with van der Waals surface area (Å²) in [6.07, 6.45) is 0. The van der Waals surface area contributed by atoms with Gasteiger partial charge in [-0.1, -0.05) is 0 Å². The molecule has 0 unspecified atom stereocenters. The Morgan fingerprint density at radius 2 is 2.17 bits per heavy atom. The molecule has 2 rings (SSSR count). The summed E-state index contributed by atoms with van der Waals surface area (Å²) in [5.41, 5.74) is -1.58. The van der Waals surface area contributed by atoms with E-state index in [1.54, 1.807) is 0 Å². The van der Waals surface area contributed by atoms with Gasteiger partial charge in [0, 0.05) is 6.07 Å². The van der Waals surface area contributed by atoms with E-state index in [9.17, 15) is 18.9 Å². The maximum atomic E-state index is 13.7. The lowest BCUT2D eigenvalue weighted by atomic mass is 10.1. The molecule has 2 aromatic rings. The Morgan fingerprint density at radius 3 is 2.72 bits per heavy atom. The smallest absolute Gasteiger partial charge is 0.305 e. The standard InChI is InChI=1S/C9H6F2N4O3/c10-4-1-2-5(15(17)18)8(11)7(4)9-12-6(3-16)13-14-9/h1-2,16H,3H2,(H,12,13,14). The highest BCUT2D eigenvalue weighted by atomic mass is 19.1. The first-order valence-corrected chi connectivity index (χ1v) is 4.69. The minimum atomic E-state index is -1.36. The van der Waals surface area contributed by atoms with Crippen LogP contribution in [0.3, 0.4) is 0 Å². The zero-order chi connectivity index (χ0) is 13.3. The number of nitro groups is 1. The number of aliphatic hydroxyl groups is 1. The van der Waals surface area contributed by atoms with Crippen LogP contribution in [-0.4, -0.2) is 25.2 Å². The number of rotatable bonds is 3. The number of halogens is 2. The summed E-state index contributed by atoms with van der Waals surface area (Å²) >= 11 is 0. The largest absolute Gasteiger partial charge is 0.388 e. The number of nitrogens with zero attached hydrogens (tertiary/aromatic N) is 3. The van der Waals surface area contributed by atoms with Crippen molar-refractivity contribution in [2.24, 2.45) is 0 Å². The second kappa shape index (κ2) is 4.45. The first-order valence-electron chi connectivity index (χ1n) is 4.69. The molecule has 7 nitrogen and oxygen atoms in total. The number of hydrogen-bond acceptors (Lipinski definition) is 5. The van der Waals surface area contributed by atoms with Gasteiger partial charge in [0.2, 0.25) is 5.82 Å². The average molecular weight is 256 g/mol. The van der Waals surface area contributed by atoms with Crippen LogP contribution in [0.1, 0.15) is 5.82 Å². The highest BCUT2D eigenvalue weighted by Crippen LogP contribution is 2.29. The SMILES string of the molecule is O=[N+]([O-])c1ccc(F)c(-c2n[nH]c(CO)n2)c1F. The van der Waals surface area contributed by atoms with E-state index in [1.165, 1.54) is 0 Å². The van der Waals surface area contributed by atoms with E-state index in [4.69, 9.17) is 5.11 Å². The summed E-state index contributed by atoms with van der Waals surface area (Å²) in [5.74, 6) is -2.78. The van der Waals surface area contributed by atoms with Crippen LogP contribution >= 0.6 is 0 Å². The van der Waals surface area contributed by atoms with Gasteiger partial charge in [0.1, 0.15) is 12.4 Å². The average Bonchev–Trinajstić information content (AvgIpc) is 2.77. The quantitative estimate of drug-likeness (QED) is 0.633. The molecule has 0 amide bonds. The van der Waals surface area contributed by atoms with Gasteiger partial charge in [0.05, 0.1) is 10.5 Å². The molecule has 94 valence electrons. The highest BCUT2D eigenvalue weighted by Gasteiger charge is 2.24. The summed E-state index contributed by atoms with van der Waals surface area (Å²) in [6, 6.07) is 1.47. The normalized spacial score (nSPS) is 10.6. The molecular weight excluding hydrogens is 250 g/mol. The van der Waals surface area contributed by atoms with E-state index in [1.807, 2.05) is 0 Å². The van der Waals surface area contributed by atoms with Gasteiger partial charge < -0.3 is 5.11 Å². The number of aliphatic hydroxyl groups excluding tert-OH is 1. The fourth-order valence-corrected chi connectivity index (χ4v) is 1.37. The molecule has 1 aromatic carbocycles. The van der Waals surface area contributed by atoms with Crippen molar-refractivity contribution in [2.45, 2.75) is 6.61 Å². The van der Waals surface area contributed by atoms with Crippen LogP contribution in [0.15, 0.2) is 12.1 Å². The third kappa shape index (κ3) is 1.91. The first-order chi connectivity index (χ1) is 8.54. The van der Waals surface area contributed by atoms with E-state index < -0.39 is 40.2 Å². The molecule has 0 spiro atoms. The van der Waals surface area contributed by atoms with Gasteiger partial charge >= 0.3 is 5.69 Å². The third-order valence-electron chi connectivity index (χ3n) is 2.17. The lowest BCUT2D eigenvalue weighted by Gasteiger charge is -2.00. The predicted molar refractivity (Wildman–Crippen MR) is 54.3 cm³/mol. The van der Waals surface area contributed by atoms with Crippen LogP contribution in [0.4, 0.5) is 14.5 Å². The number of aromatic amines is 1. The molecule has 2 N–H and O–H groups in total. The molecule has 0 atom stereocenters. The summed E-state index contributed by atoms with van der Waals surface area (Å²) in [4.78, 5) is 13.2. The molecule has 1 heterocycles. The number of H-pyrrole nitrogens is 1. The molecule has 0 radical (unpaired) electrons. The fraction of sp³-hybridized carbons (Fsp3) is 0.111. The van der Waals surface area contributed by atoms with Gasteiger partial charge in [-0.05, 0) is 6.07 Å². The molecule has 0 bridgehead atoms. The van der Waals surface area contributed by atoms with Crippen molar-refractivity contribution in [1.29, 1.82) is 0 Å². The summed E-state index contributed by atoms with van der Waals surface area (Å²) < 4.78 is 27.2. The van der Waals surface area contributed by atoms with Crippen molar-refractivity contribution in [3.05, 3.63) is 39.7 Å². The Kier molecular flexibility index (Phi) is 2.98. The van der Waals surface area contributed by atoms with Crippen molar-refractivity contribution < 1.29 is 18.8 Å². The van der Waals surface area contributed by atoms with E-state index in [0.29, 0.717) is 6.07 Å². The number of benzene rings is 1. The van der Waals surface area contributed by atoms with Crippen LogP contribution in [-0.2, 0) is 6.61 Å². The van der Waals surface area contributed by atoms with Crippen LogP contribution in [0, 0.1) is 21.7 Å². The maximum absolute atomic E-state index is 13.7. The second-order valence-corrected chi connectivity index (χ2v) is 3.28. The van der Waals surface area contributed by atoms with Crippen LogP contribution in [0.2, 0.25) is 0 Å². The maximum Gasteiger partial charge on any atom is 0.305 e. The van der Waals surface area contributed by atoms with E-state index in [2.05, 4.69) is 15.2 Å². The second-order valence-electron chi connectivity index (χ2n) is 3.28. The monoisotopic (exact) mass is 256 g/mol. The molecule has 9 heteroatoms. The van der Waals surface area contributed by atoms with Gasteiger partial charge in [-0.25, -0.2) is 9.37 Å². The van der Waals surface area contributed by atoms with E-state index >= 15 is 0 Å².